The lowest BCUT2D eigenvalue weighted by atomic mass is 10.1. The minimum atomic E-state index is -1.91. The van der Waals surface area contributed by atoms with Crippen LogP contribution < -0.4 is 4.74 Å². The van der Waals surface area contributed by atoms with E-state index in [2.05, 4.69) is 0 Å². The van der Waals surface area contributed by atoms with E-state index in [0.717, 1.165) is 0 Å². The quantitative estimate of drug-likeness (QED) is 0.904. The van der Waals surface area contributed by atoms with E-state index in [1.807, 2.05) is 0 Å². The second kappa shape index (κ2) is 6.94. The van der Waals surface area contributed by atoms with Crippen LogP contribution in [0.3, 0.4) is 0 Å². The zero-order chi connectivity index (χ0) is 17.9. The van der Waals surface area contributed by atoms with Gasteiger partial charge in [-0.2, -0.15) is 0 Å². The van der Waals surface area contributed by atoms with Crippen LogP contribution in [0, 0.1) is 0 Å². The number of likely N-dealkylation sites (tertiary alicyclic amines) is 1. The van der Waals surface area contributed by atoms with Crippen LogP contribution in [0.25, 0.3) is 0 Å². The van der Waals surface area contributed by atoms with E-state index in [0.29, 0.717) is 17.7 Å². The van der Waals surface area contributed by atoms with Gasteiger partial charge in [0.1, 0.15) is 11.9 Å². The highest BCUT2D eigenvalue weighted by Gasteiger charge is 2.60. The molecule has 2 atom stereocenters. The Kier molecular flexibility index (Phi) is 4.72. The molecule has 1 fully saturated rings. The van der Waals surface area contributed by atoms with Crippen molar-refractivity contribution in [2.24, 2.45) is 0 Å². The van der Waals surface area contributed by atoms with Crippen LogP contribution >= 0.6 is 0 Å². The molecule has 2 aromatic rings. The van der Waals surface area contributed by atoms with Crippen LogP contribution in [0.1, 0.15) is 16.8 Å². The van der Waals surface area contributed by atoms with Gasteiger partial charge in [-0.3, -0.25) is 9.69 Å². The fraction of sp³-hybridized carbons (Fsp3) is 0.263. The SMILES string of the molecule is COC1CCN(C(=O)c2ccccc2)C1(Oc1ccccc1)C(=O)O. The fourth-order valence-corrected chi connectivity index (χ4v) is 3.13. The van der Waals surface area contributed by atoms with E-state index in [-0.39, 0.29) is 6.54 Å². The number of hydrogen-bond acceptors (Lipinski definition) is 4. The third-order valence-corrected chi connectivity index (χ3v) is 4.33. The van der Waals surface area contributed by atoms with Crippen LogP contribution in [-0.2, 0) is 9.53 Å². The van der Waals surface area contributed by atoms with Gasteiger partial charge in [0.15, 0.2) is 0 Å². The van der Waals surface area contributed by atoms with Crippen molar-refractivity contribution in [2.45, 2.75) is 18.2 Å². The third kappa shape index (κ3) is 2.96. The zero-order valence-electron chi connectivity index (χ0n) is 13.8. The summed E-state index contributed by atoms with van der Waals surface area (Å²) < 4.78 is 11.2. The molecule has 1 aliphatic heterocycles. The second-order valence-corrected chi connectivity index (χ2v) is 5.75. The molecule has 0 bridgehead atoms. The molecule has 2 aromatic carbocycles. The first kappa shape index (κ1) is 17.0. The number of carboxylic acids is 1. The van der Waals surface area contributed by atoms with Gasteiger partial charge in [0.2, 0.25) is 0 Å². The van der Waals surface area contributed by atoms with Gasteiger partial charge in [-0.25, -0.2) is 4.79 Å². The number of hydrogen-bond donors (Lipinski definition) is 1. The normalized spacial score (nSPS) is 22.6. The molecular weight excluding hydrogens is 322 g/mol. The Morgan fingerprint density at radius 1 is 1.08 bits per heavy atom. The van der Waals surface area contributed by atoms with Gasteiger partial charge < -0.3 is 14.6 Å². The molecule has 0 saturated carbocycles. The maximum Gasteiger partial charge on any atom is 0.373 e. The first-order valence-electron chi connectivity index (χ1n) is 7.97. The Morgan fingerprint density at radius 2 is 1.68 bits per heavy atom. The molecule has 6 heteroatoms. The van der Waals surface area contributed by atoms with E-state index in [1.165, 1.54) is 12.0 Å². The highest BCUT2D eigenvalue weighted by molar-refractivity contribution is 5.98. The number of rotatable bonds is 5. The maximum atomic E-state index is 12.9. The minimum absolute atomic E-state index is 0.228. The molecule has 1 heterocycles. The Bertz CT molecular complexity index is 749. The van der Waals surface area contributed by atoms with Gasteiger partial charge in [-0.15, -0.1) is 0 Å². The Hall–Kier alpha value is -2.86. The maximum absolute atomic E-state index is 12.9. The molecule has 3 rings (SSSR count). The lowest BCUT2D eigenvalue weighted by molar-refractivity contribution is -0.182. The van der Waals surface area contributed by atoms with Crippen molar-refractivity contribution in [2.75, 3.05) is 13.7 Å². The van der Waals surface area contributed by atoms with Crippen LogP contribution in [0.2, 0.25) is 0 Å². The molecule has 1 aliphatic rings. The smallest absolute Gasteiger partial charge is 0.373 e. The number of para-hydroxylation sites is 1. The summed E-state index contributed by atoms with van der Waals surface area (Å²) in [5.41, 5.74) is -1.51. The predicted octanol–water partition coefficient (Wildman–Crippen LogP) is 2.41. The summed E-state index contributed by atoms with van der Waals surface area (Å²) >= 11 is 0. The number of ether oxygens (including phenoxy) is 2. The molecule has 2 unspecified atom stereocenters. The topological polar surface area (TPSA) is 76.1 Å². The standard InChI is InChI=1S/C19H19NO5/c1-24-16-12-13-20(17(21)14-8-4-2-5-9-14)19(16,18(22)23)25-15-10-6-3-7-11-15/h2-11,16H,12-13H2,1H3,(H,22,23). The predicted molar refractivity (Wildman–Crippen MR) is 90.3 cm³/mol. The molecule has 6 nitrogen and oxygen atoms in total. The molecule has 0 aliphatic carbocycles. The molecule has 1 amide bonds. The Balaban J connectivity index is 2.03. The number of methoxy groups -OCH3 is 1. The average molecular weight is 341 g/mol. The highest BCUT2D eigenvalue weighted by Crippen LogP contribution is 2.36. The molecular formula is C19H19NO5. The molecule has 130 valence electrons. The van der Waals surface area contributed by atoms with Crippen LogP contribution in [0.5, 0.6) is 5.75 Å². The van der Waals surface area contributed by atoms with Crippen molar-refractivity contribution in [3.8, 4) is 5.75 Å². The van der Waals surface area contributed by atoms with Crippen LogP contribution in [0.15, 0.2) is 60.7 Å². The van der Waals surface area contributed by atoms with Gasteiger partial charge in [-0.1, -0.05) is 36.4 Å². The summed E-state index contributed by atoms with van der Waals surface area (Å²) in [6.45, 7) is 0.228. The van der Waals surface area contributed by atoms with Crippen molar-refractivity contribution >= 4 is 11.9 Å². The van der Waals surface area contributed by atoms with E-state index in [9.17, 15) is 14.7 Å². The number of amides is 1. The first-order chi connectivity index (χ1) is 12.1. The summed E-state index contributed by atoms with van der Waals surface area (Å²) in [4.78, 5) is 26.4. The fourth-order valence-electron chi connectivity index (χ4n) is 3.13. The van der Waals surface area contributed by atoms with Gasteiger partial charge in [0.25, 0.3) is 5.91 Å². The Morgan fingerprint density at radius 3 is 2.24 bits per heavy atom. The monoisotopic (exact) mass is 341 g/mol. The van der Waals surface area contributed by atoms with Crippen molar-refractivity contribution in [3.05, 3.63) is 66.2 Å². The van der Waals surface area contributed by atoms with E-state index < -0.39 is 23.7 Å². The summed E-state index contributed by atoms with van der Waals surface area (Å²) in [6.07, 6.45) is -0.410. The summed E-state index contributed by atoms with van der Waals surface area (Å²) in [5.74, 6) is -1.30. The van der Waals surface area contributed by atoms with Crippen molar-refractivity contribution in [3.63, 3.8) is 0 Å². The third-order valence-electron chi connectivity index (χ3n) is 4.33. The largest absolute Gasteiger partial charge is 0.477 e. The first-order valence-corrected chi connectivity index (χ1v) is 7.97. The lowest BCUT2D eigenvalue weighted by Crippen LogP contribution is -2.63. The van der Waals surface area contributed by atoms with Gasteiger partial charge in [0, 0.05) is 19.2 Å². The number of carbonyl (C=O) groups excluding carboxylic acids is 1. The van der Waals surface area contributed by atoms with E-state index in [4.69, 9.17) is 9.47 Å². The average Bonchev–Trinajstić information content (AvgIpc) is 3.02. The van der Waals surface area contributed by atoms with Crippen LogP contribution in [0.4, 0.5) is 0 Å². The summed E-state index contributed by atoms with van der Waals surface area (Å²) in [7, 11) is 1.42. The van der Waals surface area contributed by atoms with Gasteiger partial charge >= 0.3 is 11.7 Å². The number of carbonyl (C=O) groups is 2. The van der Waals surface area contributed by atoms with E-state index >= 15 is 0 Å². The number of carboxylic acid groups (broad SMARTS) is 1. The molecule has 1 saturated heterocycles. The molecule has 0 spiro atoms. The Labute approximate surface area is 145 Å². The zero-order valence-corrected chi connectivity index (χ0v) is 13.8. The van der Waals surface area contributed by atoms with E-state index in [1.54, 1.807) is 60.7 Å². The molecule has 1 N–H and O–H groups in total. The van der Waals surface area contributed by atoms with Crippen molar-refractivity contribution < 1.29 is 24.2 Å². The summed E-state index contributed by atoms with van der Waals surface area (Å²) in [5, 5.41) is 9.99. The second-order valence-electron chi connectivity index (χ2n) is 5.75. The number of nitrogens with zero attached hydrogens (tertiary/aromatic N) is 1. The molecule has 0 radical (unpaired) electrons. The van der Waals surface area contributed by atoms with Crippen molar-refractivity contribution in [1.82, 2.24) is 4.90 Å². The minimum Gasteiger partial charge on any atom is -0.477 e. The number of aliphatic carboxylic acids is 1. The number of benzene rings is 2. The van der Waals surface area contributed by atoms with Crippen molar-refractivity contribution in [1.29, 1.82) is 0 Å². The molecule has 25 heavy (non-hydrogen) atoms. The van der Waals surface area contributed by atoms with Gasteiger partial charge in [0.05, 0.1) is 0 Å². The van der Waals surface area contributed by atoms with Gasteiger partial charge in [-0.05, 0) is 30.7 Å². The summed E-state index contributed by atoms with van der Waals surface area (Å²) in [6, 6.07) is 17.2. The highest BCUT2D eigenvalue weighted by atomic mass is 16.6. The van der Waals surface area contributed by atoms with Crippen LogP contribution in [-0.4, -0.2) is 47.4 Å². The molecule has 0 aromatic heterocycles. The lowest BCUT2D eigenvalue weighted by Gasteiger charge is -2.37.